The van der Waals surface area contributed by atoms with E-state index in [2.05, 4.69) is 5.29 Å². The van der Waals surface area contributed by atoms with Gasteiger partial charge in [0.15, 0.2) is 0 Å². The van der Waals surface area contributed by atoms with Gasteiger partial charge in [0.2, 0.25) is 0 Å². The van der Waals surface area contributed by atoms with Gasteiger partial charge in [0, 0.05) is 14.1 Å². The van der Waals surface area contributed by atoms with Gasteiger partial charge in [0.1, 0.15) is 0 Å². The molecule has 0 aliphatic carbocycles. The standard InChI is InChI=1S/C8H11N3O/c1-10(2)11(9-12)8-6-4-3-5-7-8/h3-7H,1-2H3. The van der Waals surface area contributed by atoms with Gasteiger partial charge in [-0.3, -0.25) is 0 Å². The molecule has 0 aliphatic rings. The van der Waals surface area contributed by atoms with Crippen LogP contribution in [0.3, 0.4) is 0 Å². The molecule has 0 saturated carbocycles. The van der Waals surface area contributed by atoms with Crippen molar-refractivity contribution >= 4 is 5.69 Å². The summed E-state index contributed by atoms with van der Waals surface area (Å²) in [6.45, 7) is 0. The number of nitroso groups, excluding NO2 is 1. The van der Waals surface area contributed by atoms with Crippen LogP contribution in [0.5, 0.6) is 0 Å². The summed E-state index contributed by atoms with van der Waals surface area (Å²) in [5.74, 6) is 0. The number of hydrazine groups is 1. The number of benzene rings is 1. The van der Waals surface area contributed by atoms with Gasteiger partial charge >= 0.3 is 0 Å². The topological polar surface area (TPSA) is 35.9 Å². The summed E-state index contributed by atoms with van der Waals surface area (Å²) in [5.41, 5.74) is 0.762. The molecule has 0 amide bonds. The average Bonchev–Trinajstić information content (AvgIpc) is 2.07. The van der Waals surface area contributed by atoms with Crippen molar-refractivity contribution in [3.05, 3.63) is 35.2 Å². The zero-order valence-electron chi connectivity index (χ0n) is 7.14. The SMILES string of the molecule is CN(C)N(N=O)c1ccccc1. The molecule has 0 fully saturated rings. The molecule has 0 heterocycles. The molecule has 0 radical (unpaired) electrons. The van der Waals surface area contributed by atoms with Crippen molar-refractivity contribution in [2.45, 2.75) is 0 Å². The van der Waals surface area contributed by atoms with Crippen LogP contribution in [0.25, 0.3) is 0 Å². The van der Waals surface area contributed by atoms with Gasteiger partial charge < -0.3 is 0 Å². The molecular weight excluding hydrogens is 154 g/mol. The lowest BCUT2D eigenvalue weighted by Crippen LogP contribution is -2.31. The Morgan fingerprint density at radius 1 is 1.17 bits per heavy atom. The van der Waals surface area contributed by atoms with Gasteiger partial charge in [-0.25, -0.2) is 5.01 Å². The number of hydrogen-bond acceptors (Lipinski definition) is 3. The van der Waals surface area contributed by atoms with Gasteiger partial charge in [0.25, 0.3) is 0 Å². The van der Waals surface area contributed by atoms with Gasteiger partial charge in [-0.15, -0.1) is 4.91 Å². The zero-order chi connectivity index (χ0) is 8.97. The normalized spacial score (nSPS) is 9.92. The highest BCUT2D eigenvalue weighted by Crippen LogP contribution is 2.13. The molecule has 64 valence electrons. The smallest absolute Gasteiger partial charge is 0.0814 e. The van der Waals surface area contributed by atoms with Crippen LogP contribution in [0.4, 0.5) is 5.69 Å². The Morgan fingerprint density at radius 3 is 2.17 bits per heavy atom. The Labute approximate surface area is 71.3 Å². The Hall–Kier alpha value is -1.42. The van der Waals surface area contributed by atoms with E-state index in [0.29, 0.717) is 0 Å². The maximum atomic E-state index is 10.4. The van der Waals surface area contributed by atoms with Crippen LogP contribution < -0.4 is 5.12 Å². The fraction of sp³-hybridized carbons (Fsp3) is 0.250. The minimum absolute atomic E-state index is 0.762. The van der Waals surface area contributed by atoms with Crippen molar-refractivity contribution in [2.75, 3.05) is 19.2 Å². The number of hydrogen-bond donors (Lipinski definition) is 0. The molecule has 1 rings (SSSR count). The summed E-state index contributed by atoms with van der Waals surface area (Å²) in [4.78, 5) is 10.4. The van der Waals surface area contributed by atoms with E-state index in [9.17, 15) is 4.91 Å². The molecule has 4 nitrogen and oxygen atoms in total. The highest BCUT2D eigenvalue weighted by molar-refractivity contribution is 5.43. The first-order chi connectivity index (χ1) is 5.75. The molecule has 12 heavy (non-hydrogen) atoms. The van der Waals surface area contributed by atoms with E-state index in [0.717, 1.165) is 5.69 Å². The predicted molar refractivity (Wildman–Crippen MR) is 48.4 cm³/mol. The Balaban J connectivity index is 2.88. The summed E-state index contributed by atoms with van der Waals surface area (Å²) in [6, 6.07) is 9.25. The fourth-order valence-corrected chi connectivity index (χ4v) is 0.912. The van der Waals surface area contributed by atoms with Crippen LogP contribution in [0.15, 0.2) is 35.6 Å². The predicted octanol–water partition coefficient (Wildman–Crippen LogP) is 1.65. The first-order valence-electron chi connectivity index (χ1n) is 3.61. The summed E-state index contributed by atoms with van der Waals surface area (Å²) < 4.78 is 0. The molecule has 0 spiro atoms. The molecule has 0 unspecified atom stereocenters. The molecule has 0 aliphatic heterocycles. The van der Waals surface area contributed by atoms with E-state index in [1.807, 2.05) is 30.3 Å². The largest absolute Gasteiger partial charge is 0.203 e. The van der Waals surface area contributed by atoms with E-state index in [4.69, 9.17) is 0 Å². The van der Waals surface area contributed by atoms with Crippen LogP contribution in [0.1, 0.15) is 0 Å². The second kappa shape index (κ2) is 3.82. The van der Waals surface area contributed by atoms with E-state index in [-0.39, 0.29) is 0 Å². The minimum Gasteiger partial charge on any atom is -0.203 e. The molecule has 1 aromatic rings. The van der Waals surface area contributed by atoms with Crippen molar-refractivity contribution < 1.29 is 0 Å². The number of rotatable bonds is 3. The Morgan fingerprint density at radius 2 is 1.75 bits per heavy atom. The molecule has 0 atom stereocenters. The lowest BCUT2D eigenvalue weighted by molar-refractivity contribution is 0.375. The van der Waals surface area contributed by atoms with Crippen LogP contribution in [0, 0.1) is 4.91 Å². The molecule has 0 aromatic heterocycles. The second-order valence-corrected chi connectivity index (χ2v) is 2.55. The lowest BCUT2D eigenvalue weighted by Gasteiger charge is -2.21. The first kappa shape index (κ1) is 8.67. The Bertz CT molecular complexity index is 248. The van der Waals surface area contributed by atoms with Gasteiger partial charge in [-0.05, 0) is 12.1 Å². The maximum absolute atomic E-state index is 10.4. The average molecular weight is 165 g/mol. The molecule has 0 saturated heterocycles. The Kier molecular flexibility index (Phi) is 2.76. The van der Waals surface area contributed by atoms with E-state index >= 15 is 0 Å². The molecule has 4 heteroatoms. The van der Waals surface area contributed by atoms with Crippen molar-refractivity contribution in [1.82, 2.24) is 5.01 Å². The number of nitrogens with zero attached hydrogens (tertiary/aromatic N) is 3. The van der Waals surface area contributed by atoms with Crippen LogP contribution in [0.2, 0.25) is 0 Å². The second-order valence-electron chi connectivity index (χ2n) is 2.55. The number of para-hydroxylation sites is 1. The molecule has 0 bridgehead atoms. The van der Waals surface area contributed by atoms with E-state index < -0.39 is 0 Å². The quantitative estimate of drug-likeness (QED) is 0.504. The first-order valence-corrected chi connectivity index (χ1v) is 3.61. The monoisotopic (exact) mass is 165 g/mol. The third-order valence-electron chi connectivity index (χ3n) is 1.44. The summed E-state index contributed by atoms with van der Waals surface area (Å²) in [5, 5.41) is 5.76. The summed E-state index contributed by atoms with van der Waals surface area (Å²) in [7, 11) is 3.52. The van der Waals surface area contributed by atoms with Crippen molar-refractivity contribution in [3.63, 3.8) is 0 Å². The van der Waals surface area contributed by atoms with E-state index in [1.165, 1.54) is 5.12 Å². The molecule has 0 N–H and O–H groups in total. The van der Waals surface area contributed by atoms with Crippen molar-refractivity contribution in [2.24, 2.45) is 5.29 Å². The van der Waals surface area contributed by atoms with Crippen molar-refractivity contribution in [3.8, 4) is 0 Å². The number of anilines is 1. The third-order valence-corrected chi connectivity index (χ3v) is 1.44. The maximum Gasteiger partial charge on any atom is 0.0814 e. The van der Waals surface area contributed by atoms with Crippen molar-refractivity contribution in [1.29, 1.82) is 0 Å². The van der Waals surface area contributed by atoms with Crippen LogP contribution in [-0.2, 0) is 0 Å². The van der Waals surface area contributed by atoms with Crippen LogP contribution in [-0.4, -0.2) is 19.1 Å². The van der Waals surface area contributed by atoms with Crippen LogP contribution >= 0.6 is 0 Å². The molecule has 1 aromatic carbocycles. The highest BCUT2D eigenvalue weighted by Gasteiger charge is 2.06. The summed E-state index contributed by atoms with van der Waals surface area (Å²) >= 11 is 0. The zero-order valence-corrected chi connectivity index (χ0v) is 7.14. The lowest BCUT2D eigenvalue weighted by atomic mass is 10.3. The molecular formula is C8H11N3O. The van der Waals surface area contributed by atoms with Gasteiger partial charge in [-0.2, -0.15) is 5.12 Å². The van der Waals surface area contributed by atoms with E-state index in [1.54, 1.807) is 19.1 Å². The highest BCUT2D eigenvalue weighted by atomic mass is 16.3. The third kappa shape index (κ3) is 1.79. The summed E-state index contributed by atoms with van der Waals surface area (Å²) in [6.07, 6.45) is 0. The van der Waals surface area contributed by atoms with Gasteiger partial charge in [-0.1, -0.05) is 18.2 Å². The van der Waals surface area contributed by atoms with Gasteiger partial charge in [0.05, 0.1) is 11.0 Å². The fourth-order valence-electron chi connectivity index (χ4n) is 0.912. The minimum atomic E-state index is 0.762.